The van der Waals surface area contributed by atoms with Crippen LogP contribution in [0.5, 0.6) is 0 Å². The van der Waals surface area contributed by atoms with Crippen LogP contribution in [0.25, 0.3) is 21.5 Å². The molecule has 4 nitrogen and oxygen atoms in total. The fourth-order valence-corrected chi connectivity index (χ4v) is 4.06. The Morgan fingerprint density at radius 2 is 2.13 bits per heavy atom. The first-order valence-electron chi connectivity index (χ1n) is 7.18. The molecule has 0 saturated heterocycles. The molecule has 0 fully saturated rings. The molecule has 3 aromatic heterocycles. The maximum absolute atomic E-state index is 4.63. The molecule has 2 N–H and O–H groups in total. The van der Waals surface area contributed by atoms with E-state index in [0.717, 1.165) is 27.3 Å². The molecule has 0 aliphatic heterocycles. The van der Waals surface area contributed by atoms with Crippen LogP contribution in [0.3, 0.4) is 0 Å². The molecule has 0 bridgehead atoms. The maximum Gasteiger partial charge on any atom is 0.204 e. The fourth-order valence-electron chi connectivity index (χ4n) is 2.44. The lowest BCUT2D eigenvalue weighted by Crippen LogP contribution is -1.89. The van der Waals surface area contributed by atoms with E-state index < -0.39 is 0 Å². The number of nitrogens with zero attached hydrogens (tertiary/aromatic N) is 2. The quantitative estimate of drug-likeness (QED) is 0.401. The van der Waals surface area contributed by atoms with Crippen LogP contribution in [0.4, 0.5) is 5.13 Å². The van der Waals surface area contributed by atoms with Crippen molar-refractivity contribution in [2.45, 2.75) is 6.92 Å². The first-order chi connectivity index (χ1) is 11.3. The molecule has 0 spiro atoms. The topological polar surface area (TPSA) is 53.1 Å². The number of thiazole rings is 1. The van der Waals surface area contributed by atoms with Crippen LogP contribution >= 0.6 is 22.7 Å². The molecular formula is C17H14N4S2. The highest BCUT2D eigenvalue weighted by Gasteiger charge is 2.10. The summed E-state index contributed by atoms with van der Waals surface area (Å²) in [6.45, 7) is 2.08. The highest BCUT2D eigenvalue weighted by molar-refractivity contribution is 7.17. The van der Waals surface area contributed by atoms with Gasteiger partial charge in [0.15, 0.2) is 0 Å². The minimum atomic E-state index is 0.807. The molecular weight excluding hydrogens is 324 g/mol. The van der Waals surface area contributed by atoms with Gasteiger partial charge >= 0.3 is 0 Å². The Kier molecular flexibility index (Phi) is 3.69. The molecule has 114 valence electrons. The summed E-state index contributed by atoms with van der Waals surface area (Å²) in [6.07, 6.45) is 3.78. The Morgan fingerprint density at radius 3 is 3.00 bits per heavy atom. The third-order valence-corrected chi connectivity index (χ3v) is 5.29. The van der Waals surface area contributed by atoms with Gasteiger partial charge in [0.1, 0.15) is 0 Å². The average Bonchev–Trinajstić information content (AvgIpc) is 3.28. The van der Waals surface area contributed by atoms with E-state index in [9.17, 15) is 0 Å². The number of nitrogens with one attached hydrogen (secondary N) is 2. The Hall–Kier alpha value is -2.44. The van der Waals surface area contributed by atoms with Gasteiger partial charge in [-0.2, -0.15) is 5.10 Å². The van der Waals surface area contributed by atoms with E-state index in [1.165, 1.54) is 9.75 Å². The number of hydrogen-bond donors (Lipinski definition) is 2. The van der Waals surface area contributed by atoms with Crippen LogP contribution in [0.15, 0.2) is 53.1 Å². The summed E-state index contributed by atoms with van der Waals surface area (Å²) in [4.78, 5) is 10.2. The number of anilines is 1. The second-order valence-electron chi connectivity index (χ2n) is 5.06. The summed E-state index contributed by atoms with van der Waals surface area (Å²) < 4.78 is 0. The van der Waals surface area contributed by atoms with Gasteiger partial charge in [-0.25, -0.2) is 4.98 Å². The number of para-hydroxylation sites is 1. The molecule has 1 aromatic carbocycles. The van der Waals surface area contributed by atoms with Gasteiger partial charge in [-0.3, -0.25) is 5.43 Å². The van der Waals surface area contributed by atoms with Gasteiger partial charge in [-0.15, -0.1) is 22.7 Å². The van der Waals surface area contributed by atoms with Gasteiger partial charge in [0, 0.05) is 27.5 Å². The van der Waals surface area contributed by atoms with Crippen molar-refractivity contribution < 1.29 is 0 Å². The van der Waals surface area contributed by atoms with Crippen molar-refractivity contribution in [3.05, 3.63) is 58.4 Å². The normalized spacial score (nSPS) is 11.5. The van der Waals surface area contributed by atoms with Crippen LogP contribution in [0.2, 0.25) is 0 Å². The van der Waals surface area contributed by atoms with Crippen molar-refractivity contribution >= 4 is 44.9 Å². The molecule has 0 amide bonds. The van der Waals surface area contributed by atoms with Crippen LogP contribution in [-0.4, -0.2) is 16.2 Å². The predicted octanol–water partition coefficient (Wildman–Crippen LogP) is 5.11. The minimum absolute atomic E-state index is 0.807. The van der Waals surface area contributed by atoms with E-state index >= 15 is 0 Å². The van der Waals surface area contributed by atoms with E-state index in [4.69, 9.17) is 0 Å². The number of aryl methyl sites for hydroxylation is 1. The molecule has 0 aliphatic carbocycles. The lowest BCUT2D eigenvalue weighted by atomic mass is 10.2. The summed E-state index contributed by atoms with van der Waals surface area (Å²) >= 11 is 3.32. The third-order valence-electron chi connectivity index (χ3n) is 3.54. The molecule has 0 aliphatic rings. The lowest BCUT2D eigenvalue weighted by molar-refractivity contribution is 1.29. The zero-order valence-corrected chi connectivity index (χ0v) is 14.0. The third kappa shape index (κ3) is 2.78. The summed E-state index contributed by atoms with van der Waals surface area (Å²) in [5.74, 6) is 0. The number of rotatable bonds is 4. The molecule has 4 rings (SSSR count). The lowest BCUT2D eigenvalue weighted by Gasteiger charge is -1.93. The molecule has 23 heavy (non-hydrogen) atoms. The van der Waals surface area contributed by atoms with Gasteiger partial charge in [-0.1, -0.05) is 24.3 Å². The molecule has 0 saturated carbocycles. The second kappa shape index (κ2) is 5.98. The number of aromatic amines is 1. The summed E-state index contributed by atoms with van der Waals surface area (Å²) in [5.41, 5.74) is 6.24. The number of hydrogen-bond acceptors (Lipinski definition) is 5. The molecule has 6 heteroatoms. The van der Waals surface area contributed by atoms with Crippen LogP contribution in [0, 0.1) is 6.92 Å². The molecule has 0 unspecified atom stereocenters. The molecule has 3 heterocycles. The number of hydrazone groups is 1. The average molecular weight is 338 g/mol. The first-order valence-corrected chi connectivity index (χ1v) is 8.87. The van der Waals surface area contributed by atoms with Crippen molar-refractivity contribution in [2.75, 3.05) is 5.43 Å². The standard InChI is InChI=1S/C17H14N4S2/c1-11-16(15-7-4-8-22-15)20-17(23-11)21-19-10-12-9-18-14-6-3-2-5-13(12)14/h2-10,18H,1H3,(H,20,21)/b19-10-. The second-order valence-corrected chi connectivity index (χ2v) is 7.21. The van der Waals surface area contributed by atoms with Crippen molar-refractivity contribution in [1.82, 2.24) is 9.97 Å². The monoisotopic (exact) mass is 338 g/mol. The van der Waals surface area contributed by atoms with Crippen molar-refractivity contribution in [3.63, 3.8) is 0 Å². The van der Waals surface area contributed by atoms with E-state index in [1.54, 1.807) is 22.7 Å². The van der Waals surface area contributed by atoms with E-state index in [2.05, 4.69) is 51.0 Å². The molecule has 4 aromatic rings. The summed E-state index contributed by atoms with van der Waals surface area (Å²) in [6, 6.07) is 12.3. The van der Waals surface area contributed by atoms with Gasteiger partial charge in [0.05, 0.1) is 16.8 Å². The summed E-state index contributed by atoms with van der Waals surface area (Å²) in [5, 5.41) is 8.36. The highest BCUT2D eigenvalue weighted by Crippen LogP contribution is 2.32. The van der Waals surface area contributed by atoms with Gasteiger partial charge in [-0.05, 0) is 24.4 Å². The van der Waals surface area contributed by atoms with Crippen LogP contribution in [-0.2, 0) is 0 Å². The van der Waals surface area contributed by atoms with Crippen molar-refractivity contribution in [2.24, 2.45) is 5.10 Å². The highest BCUT2D eigenvalue weighted by atomic mass is 32.1. The zero-order chi connectivity index (χ0) is 15.6. The van der Waals surface area contributed by atoms with E-state index in [0.29, 0.717) is 0 Å². The van der Waals surface area contributed by atoms with Gasteiger partial charge < -0.3 is 4.98 Å². The Balaban J connectivity index is 1.54. The first kappa shape index (κ1) is 14.2. The number of benzene rings is 1. The van der Waals surface area contributed by atoms with Crippen molar-refractivity contribution in [1.29, 1.82) is 0 Å². The Bertz CT molecular complexity index is 964. The van der Waals surface area contributed by atoms with Crippen molar-refractivity contribution in [3.8, 4) is 10.6 Å². The Labute approximate surface area is 141 Å². The molecule has 0 radical (unpaired) electrons. The number of thiophene rings is 1. The van der Waals surface area contributed by atoms with Gasteiger partial charge in [0.2, 0.25) is 5.13 Å². The SMILES string of the molecule is Cc1sc(N/N=C\c2c[nH]c3ccccc23)nc1-c1cccs1. The van der Waals surface area contributed by atoms with E-state index in [1.807, 2.05) is 30.6 Å². The number of fused-ring (bicyclic) bond motifs is 1. The van der Waals surface area contributed by atoms with Crippen LogP contribution in [0.1, 0.15) is 10.4 Å². The van der Waals surface area contributed by atoms with E-state index in [-0.39, 0.29) is 0 Å². The number of aromatic nitrogens is 2. The largest absolute Gasteiger partial charge is 0.361 e. The van der Waals surface area contributed by atoms with Gasteiger partial charge in [0.25, 0.3) is 0 Å². The van der Waals surface area contributed by atoms with Crippen LogP contribution < -0.4 is 5.43 Å². The zero-order valence-electron chi connectivity index (χ0n) is 12.4. The fraction of sp³-hybridized carbons (Fsp3) is 0.0588. The number of H-pyrrole nitrogens is 1. The summed E-state index contributed by atoms with van der Waals surface area (Å²) in [7, 11) is 0. The predicted molar refractivity (Wildman–Crippen MR) is 99.7 cm³/mol. The minimum Gasteiger partial charge on any atom is -0.361 e. The Morgan fingerprint density at radius 1 is 1.22 bits per heavy atom. The maximum atomic E-state index is 4.63. The molecule has 0 atom stereocenters. The smallest absolute Gasteiger partial charge is 0.204 e.